The molecule has 144 valence electrons. The van der Waals surface area contributed by atoms with Crippen molar-refractivity contribution >= 4 is 44.8 Å². The molecular weight excluding hydrogens is 419 g/mol. The van der Waals surface area contributed by atoms with Crippen LogP contribution < -0.4 is 10.0 Å². The van der Waals surface area contributed by atoms with Gasteiger partial charge in [0.15, 0.2) is 0 Å². The van der Waals surface area contributed by atoms with E-state index in [-0.39, 0.29) is 17.3 Å². The van der Waals surface area contributed by atoms with Gasteiger partial charge in [-0.25, -0.2) is 8.42 Å². The van der Waals surface area contributed by atoms with Crippen LogP contribution in [-0.2, 0) is 16.6 Å². The predicted octanol–water partition coefficient (Wildman–Crippen LogP) is 4.72. The van der Waals surface area contributed by atoms with E-state index in [1.54, 1.807) is 48.5 Å². The minimum atomic E-state index is -3.68. The number of hydrogen-bond acceptors (Lipinski definition) is 3. The normalized spacial score (nSPS) is 11.1. The predicted molar refractivity (Wildman–Crippen MR) is 111 cm³/mol. The summed E-state index contributed by atoms with van der Waals surface area (Å²) < 4.78 is 27.1. The van der Waals surface area contributed by atoms with Crippen LogP contribution >= 0.6 is 23.2 Å². The van der Waals surface area contributed by atoms with Crippen molar-refractivity contribution in [3.05, 3.63) is 94.0 Å². The number of halogens is 2. The number of sulfonamides is 1. The van der Waals surface area contributed by atoms with Gasteiger partial charge in [0.2, 0.25) is 0 Å². The maximum Gasteiger partial charge on any atom is 0.261 e. The van der Waals surface area contributed by atoms with Gasteiger partial charge in [-0.3, -0.25) is 9.52 Å². The quantitative estimate of drug-likeness (QED) is 0.588. The van der Waals surface area contributed by atoms with Crippen molar-refractivity contribution in [1.29, 1.82) is 0 Å². The first-order chi connectivity index (χ1) is 13.3. The minimum Gasteiger partial charge on any atom is -0.348 e. The van der Waals surface area contributed by atoms with Crippen molar-refractivity contribution in [2.24, 2.45) is 0 Å². The summed E-state index contributed by atoms with van der Waals surface area (Å²) in [6, 6.07) is 19.2. The van der Waals surface area contributed by atoms with Gasteiger partial charge in [-0.15, -0.1) is 0 Å². The number of hydrogen-bond donors (Lipinski definition) is 2. The average Bonchev–Trinajstić information content (AvgIpc) is 2.68. The highest BCUT2D eigenvalue weighted by atomic mass is 35.5. The zero-order valence-electron chi connectivity index (χ0n) is 14.5. The number of rotatable bonds is 6. The number of amides is 1. The summed E-state index contributed by atoms with van der Waals surface area (Å²) in [7, 11) is -3.68. The lowest BCUT2D eigenvalue weighted by atomic mass is 10.2. The zero-order valence-corrected chi connectivity index (χ0v) is 16.9. The van der Waals surface area contributed by atoms with Crippen molar-refractivity contribution in [1.82, 2.24) is 5.32 Å². The van der Waals surface area contributed by atoms with Gasteiger partial charge >= 0.3 is 0 Å². The topological polar surface area (TPSA) is 75.3 Å². The van der Waals surface area contributed by atoms with Gasteiger partial charge in [0.05, 0.1) is 4.90 Å². The maximum atomic E-state index is 12.3. The molecule has 0 aromatic heterocycles. The Morgan fingerprint density at radius 1 is 0.893 bits per heavy atom. The first-order valence-electron chi connectivity index (χ1n) is 8.25. The molecule has 0 aliphatic carbocycles. The molecule has 3 aromatic rings. The molecule has 0 aliphatic rings. The molecule has 0 atom stereocenters. The Morgan fingerprint density at radius 3 is 2.21 bits per heavy atom. The molecule has 0 bridgehead atoms. The molecule has 0 saturated carbocycles. The Balaban J connectivity index is 1.64. The van der Waals surface area contributed by atoms with Crippen molar-refractivity contribution in [2.45, 2.75) is 11.4 Å². The van der Waals surface area contributed by atoms with E-state index in [1.807, 2.05) is 0 Å². The third kappa shape index (κ3) is 5.04. The van der Waals surface area contributed by atoms with E-state index in [4.69, 9.17) is 23.2 Å². The molecule has 0 unspecified atom stereocenters. The van der Waals surface area contributed by atoms with E-state index in [9.17, 15) is 13.2 Å². The van der Waals surface area contributed by atoms with Gasteiger partial charge in [-0.05, 0) is 54.1 Å². The highest BCUT2D eigenvalue weighted by Gasteiger charge is 2.14. The molecule has 0 heterocycles. The van der Waals surface area contributed by atoms with E-state index < -0.39 is 10.0 Å². The number of nitrogens with one attached hydrogen (secondary N) is 2. The van der Waals surface area contributed by atoms with E-state index in [0.717, 1.165) is 5.56 Å². The van der Waals surface area contributed by atoms with Crippen LogP contribution in [0.1, 0.15) is 15.9 Å². The second kappa shape index (κ2) is 8.65. The molecule has 28 heavy (non-hydrogen) atoms. The van der Waals surface area contributed by atoms with Gasteiger partial charge in [0.25, 0.3) is 15.9 Å². The molecule has 8 heteroatoms. The second-order valence-corrected chi connectivity index (χ2v) is 8.44. The van der Waals surface area contributed by atoms with Crippen LogP contribution in [0.5, 0.6) is 0 Å². The molecule has 1 amide bonds. The lowest BCUT2D eigenvalue weighted by Crippen LogP contribution is -2.23. The van der Waals surface area contributed by atoms with Crippen LogP contribution in [0.3, 0.4) is 0 Å². The molecule has 0 fully saturated rings. The van der Waals surface area contributed by atoms with Crippen LogP contribution in [0.25, 0.3) is 0 Å². The van der Waals surface area contributed by atoms with Crippen molar-refractivity contribution in [3.8, 4) is 0 Å². The van der Waals surface area contributed by atoms with Crippen LogP contribution in [0.4, 0.5) is 5.69 Å². The molecule has 0 saturated heterocycles. The summed E-state index contributed by atoms with van der Waals surface area (Å²) >= 11 is 11.9. The van der Waals surface area contributed by atoms with Gasteiger partial charge in [0.1, 0.15) is 0 Å². The summed E-state index contributed by atoms with van der Waals surface area (Å²) in [5.74, 6) is -0.302. The molecule has 3 aromatic carbocycles. The Bertz CT molecular complexity index is 1090. The fraction of sp³-hybridized carbons (Fsp3) is 0.0500. The van der Waals surface area contributed by atoms with Gasteiger partial charge in [-0.2, -0.15) is 0 Å². The maximum absolute atomic E-state index is 12.3. The van der Waals surface area contributed by atoms with Crippen molar-refractivity contribution in [2.75, 3.05) is 4.72 Å². The highest BCUT2D eigenvalue weighted by molar-refractivity contribution is 7.92. The first-order valence-corrected chi connectivity index (χ1v) is 10.5. The third-order valence-corrected chi connectivity index (χ3v) is 5.89. The molecule has 0 spiro atoms. The highest BCUT2D eigenvalue weighted by Crippen LogP contribution is 2.21. The van der Waals surface area contributed by atoms with Crippen LogP contribution in [0, 0.1) is 0 Å². The number of carbonyl (C=O) groups is 1. The number of carbonyl (C=O) groups excluding carboxylic acids is 1. The molecule has 5 nitrogen and oxygen atoms in total. The Hall–Kier alpha value is -2.54. The van der Waals surface area contributed by atoms with Gasteiger partial charge in [-0.1, -0.05) is 47.5 Å². The average molecular weight is 435 g/mol. The largest absolute Gasteiger partial charge is 0.348 e. The van der Waals surface area contributed by atoms with Crippen LogP contribution in [-0.4, -0.2) is 14.3 Å². The Labute approximate surface area is 173 Å². The molecule has 0 radical (unpaired) electrons. The van der Waals surface area contributed by atoms with Crippen LogP contribution in [0.2, 0.25) is 10.0 Å². The third-order valence-electron chi connectivity index (χ3n) is 3.91. The van der Waals surface area contributed by atoms with Crippen molar-refractivity contribution in [3.63, 3.8) is 0 Å². The lowest BCUT2D eigenvalue weighted by molar-refractivity contribution is 0.0951. The lowest BCUT2D eigenvalue weighted by Gasteiger charge is -2.10. The summed E-state index contributed by atoms with van der Waals surface area (Å²) in [5.41, 5.74) is 1.50. The molecule has 2 N–H and O–H groups in total. The summed E-state index contributed by atoms with van der Waals surface area (Å²) in [5, 5.41) is 3.76. The van der Waals surface area contributed by atoms with E-state index in [2.05, 4.69) is 10.0 Å². The summed E-state index contributed by atoms with van der Waals surface area (Å²) in [4.78, 5) is 12.5. The Kier molecular flexibility index (Phi) is 6.24. The SMILES string of the molecule is O=C(NCc1ccc(Cl)cc1Cl)c1ccc(NS(=O)(=O)c2ccccc2)cc1. The minimum absolute atomic E-state index is 0.164. The van der Waals surface area contributed by atoms with E-state index in [0.29, 0.717) is 21.3 Å². The summed E-state index contributed by atoms with van der Waals surface area (Å²) in [6.45, 7) is 0.247. The van der Waals surface area contributed by atoms with E-state index in [1.165, 1.54) is 24.3 Å². The molecule has 0 aliphatic heterocycles. The Morgan fingerprint density at radius 2 is 1.57 bits per heavy atom. The van der Waals surface area contributed by atoms with E-state index >= 15 is 0 Å². The first kappa shape index (κ1) is 20.2. The molecular formula is C20H16Cl2N2O3S. The van der Waals surface area contributed by atoms with Gasteiger partial charge < -0.3 is 5.32 Å². The standard InChI is InChI=1S/C20H16Cl2N2O3S/c21-16-9-6-15(19(22)12-16)13-23-20(25)14-7-10-17(11-8-14)24-28(26,27)18-4-2-1-3-5-18/h1-12,24H,13H2,(H,23,25). The number of anilines is 1. The zero-order chi connectivity index (χ0) is 20.1. The fourth-order valence-electron chi connectivity index (χ4n) is 2.45. The summed E-state index contributed by atoms with van der Waals surface area (Å²) in [6.07, 6.45) is 0. The van der Waals surface area contributed by atoms with Crippen LogP contribution in [0.15, 0.2) is 77.7 Å². The monoisotopic (exact) mass is 434 g/mol. The second-order valence-electron chi connectivity index (χ2n) is 5.91. The van der Waals surface area contributed by atoms with Gasteiger partial charge in [0, 0.05) is 27.8 Å². The molecule has 3 rings (SSSR count). The smallest absolute Gasteiger partial charge is 0.261 e. The van der Waals surface area contributed by atoms with Crippen molar-refractivity contribution < 1.29 is 13.2 Å². The number of benzene rings is 3. The fourth-order valence-corrected chi connectivity index (χ4v) is 4.00.